The number of aromatic hydroxyl groups is 2. The van der Waals surface area contributed by atoms with Crippen LogP contribution in [0, 0.1) is 17.2 Å². The number of fused-ring (bicyclic) bond motifs is 2. The number of rotatable bonds is 12. The highest BCUT2D eigenvalue weighted by Gasteiger charge is 2.35. The quantitative estimate of drug-likeness (QED) is 0.112. The van der Waals surface area contributed by atoms with Crippen molar-refractivity contribution in [2.24, 2.45) is 5.92 Å². The molecule has 3 saturated heterocycles. The number of hydrogen-bond donors (Lipinski definition) is 3. The van der Waals surface area contributed by atoms with Gasteiger partial charge in [0.05, 0.1) is 47.0 Å². The monoisotopic (exact) mass is 978 g/mol. The van der Waals surface area contributed by atoms with Crippen LogP contribution in [-0.4, -0.2) is 134 Å². The summed E-state index contributed by atoms with van der Waals surface area (Å²) in [5.74, 6) is 2.50. The molecule has 3 fully saturated rings. The second-order valence-electron chi connectivity index (χ2n) is 19.9. The molecule has 0 aliphatic carbocycles. The van der Waals surface area contributed by atoms with Gasteiger partial charge in [0, 0.05) is 108 Å². The topological polar surface area (TPSA) is 177 Å². The average Bonchev–Trinajstić information content (AvgIpc) is 3.76. The lowest BCUT2D eigenvalue weighted by Crippen LogP contribution is -2.55. The summed E-state index contributed by atoms with van der Waals surface area (Å²) in [5.41, 5.74) is 5.68. The first-order chi connectivity index (χ1) is 34.5. The molecule has 0 saturated carbocycles. The maximum Gasteiger partial charge on any atom is 0.348 e. The number of amides is 1. The molecule has 0 radical (unpaired) electrons. The number of benzene rings is 4. The van der Waals surface area contributed by atoms with Crippen LogP contribution < -0.4 is 20.4 Å². The van der Waals surface area contributed by atoms with E-state index in [0.717, 1.165) is 128 Å². The fraction of sp³-hybridized carbons (Fsp3) is 0.444. The van der Waals surface area contributed by atoms with Crippen LogP contribution in [0.25, 0.3) is 27.8 Å². The Bertz CT molecular complexity index is 3000. The minimum Gasteiger partial charge on any atom is -0.508 e. The van der Waals surface area contributed by atoms with Crippen LogP contribution >= 0.6 is 11.6 Å². The molecule has 370 valence electrons. The number of H-pyrrole nitrogens is 1. The van der Waals surface area contributed by atoms with Crippen LogP contribution in [0.2, 0.25) is 5.02 Å². The van der Waals surface area contributed by atoms with E-state index in [1.165, 1.54) is 10.6 Å². The Kier molecular flexibility index (Phi) is 13.9. The first-order valence-electron chi connectivity index (χ1n) is 25.2. The lowest BCUT2D eigenvalue weighted by molar-refractivity contribution is -0.133. The molecular weight excluding hydrogens is 916 g/mol. The predicted molar refractivity (Wildman–Crippen MR) is 278 cm³/mol. The largest absolute Gasteiger partial charge is 0.508 e. The predicted octanol–water partition coefficient (Wildman–Crippen LogP) is 7.30. The van der Waals surface area contributed by atoms with E-state index in [4.69, 9.17) is 21.6 Å². The first-order valence-corrected chi connectivity index (χ1v) is 25.6. The van der Waals surface area contributed by atoms with Crippen molar-refractivity contribution in [1.82, 2.24) is 39.4 Å². The Morgan fingerprint density at radius 1 is 0.873 bits per heavy atom. The van der Waals surface area contributed by atoms with E-state index in [0.29, 0.717) is 55.3 Å². The van der Waals surface area contributed by atoms with E-state index in [2.05, 4.69) is 65.0 Å². The standard InChI is InChI=1S/C54H63ClN12O4/c1-4-49(70)66-28-27-65(33-40(66)15-19-56)51-41-18-22-64(46-10-6-8-38-7-5-9-44(55)50(38)46)34-45(41)57-53(58-51)63-20-16-37(17-21-63)32-62-25-23-61(24-26-62)31-36-11-13-39(14-12-36)67-52(59-60-54(67)71)43-29-42(35(2)3)47(68)30-48(43)69/h5-14,29-30,35,37,40,68-69H,4,15-18,20-28,31-34H2,1-3H3,(H,60,71). The van der Waals surface area contributed by atoms with Crippen molar-refractivity contribution in [2.45, 2.75) is 77.9 Å². The molecule has 1 unspecified atom stereocenters. The molecule has 1 amide bonds. The number of aromatic nitrogens is 5. The number of phenols is 2. The van der Waals surface area contributed by atoms with Crippen LogP contribution in [0.4, 0.5) is 17.5 Å². The highest BCUT2D eigenvalue weighted by Crippen LogP contribution is 2.40. The summed E-state index contributed by atoms with van der Waals surface area (Å²) in [6, 6.07) is 25.5. The molecule has 0 spiro atoms. The van der Waals surface area contributed by atoms with Crippen LogP contribution in [0.5, 0.6) is 11.5 Å². The van der Waals surface area contributed by atoms with Crippen molar-refractivity contribution in [1.29, 1.82) is 5.26 Å². The van der Waals surface area contributed by atoms with Gasteiger partial charge in [0.2, 0.25) is 11.9 Å². The van der Waals surface area contributed by atoms with Crippen molar-refractivity contribution < 1.29 is 15.0 Å². The summed E-state index contributed by atoms with van der Waals surface area (Å²) >= 11 is 6.84. The Hall–Kier alpha value is -6.67. The SMILES string of the molecule is CCC(=O)N1CCN(c2nc(N3CCC(CN4CCN(Cc5ccc(-n6c(-c7cc(C(C)C)c(O)cc7O)n[nH]c6=O)cc5)CC4)CC3)nc3c2CCN(c2cccc4cccc(Cl)c24)C3)CC1CC#N. The second kappa shape index (κ2) is 20.6. The fourth-order valence-electron chi connectivity index (χ4n) is 11.2. The van der Waals surface area contributed by atoms with Crippen molar-refractivity contribution >= 4 is 45.7 Å². The van der Waals surface area contributed by atoms with Gasteiger partial charge in [-0.05, 0) is 77.9 Å². The van der Waals surface area contributed by atoms with Gasteiger partial charge in [-0.3, -0.25) is 9.69 Å². The smallest absolute Gasteiger partial charge is 0.348 e. The van der Waals surface area contributed by atoms with Gasteiger partial charge < -0.3 is 34.7 Å². The molecule has 17 heteroatoms. The molecule has 3 N–H and O–H groups in total. The number of carbonyl (C=O) groups excluding carboxylic acids is 1. The number of piperazine rings is 2. The van der Waals surface area contributed by atoms with E-state index < -0.39 is 5.69 Å². The van der Waals surface area contributed by atoms with Crippen molar-refractivity contribution in [3.05, 3.63) is 111 Å². The summed E-state index contributed by atoms with van der Waals surface area (Å²) in [7, 11) is 0. The van der Waals surface area contributed by atoms with Crippen LogP contribution in [0.15, 0.2) is 77.6 Å². The Morgan fingerprint density at radius 3 is 2.35 bits per heavy atom. The third-order valence-electron chi connectivity index (χ3n) is 15.1. The number of hydrogen-bond acceptors (Lipinski definition) is 13. The van der Waals surface area contributed by atoms with Crippen LogP contribution in [-0.2, 0) is 24.3 Å². The molecule has 4 aliphatic rings. The number of halogens is 1. The van der Waals surface area contributed by atoms with Gasteiger partial charge in [-0.2, -0.15) is 15.3 Å². The van der Waals surface area contributed by atoms with Crippen LogP contribution in [0.3, 0.4) is 0 Å². The second-order valence-corrected chi connectivity index (χ2v) is 20.3. The molecule has 2 aromatic heterocycles. The minimum atomic E-state index is -0.413. The number of piperidine rings is 1. The van der Waals surface area contributed by atoms with E-state index in [9.17, 15) is 25.1 Å². The highest BCUT2D eigenvalue weighted by atomic mass is 35.5. The maximum atomic E-state index is 13.0. The van der Waals surface area contributed by atoms with E-state index in [1.807, 2.05) is 62.1 Å². The molecule has 6 aromatic rings. The fourth-order valence-corrected chi connectivity index (χ4v) is 11.5. The summed E-state index contributed by atoms with van der Waals surface area (Å²) in [6.45, 7) is 16.6. The molecule has 1 atom stereocenters. The number of phenolic OH excluding ortho intramolecular Hbond substituents is 2. The van der Waals surface area contributed by atoms with Gasteiger partial charge in [-0.15, -0.1) is 0 Å². The number of nitrogens with one attached hydrogen (secondary N) is 1. The average molecular weight is 980 g/mol. The van der Waals surface area contributed by atoms with Crippen LogP contribution in [0.1, 0.15) is 74.8 Å². The summed E-state index contributed by atoms with van der Waals surface area (Å²) in [6.07, 6.45) is 3.58. The molecule has 10 rings (SSSR count). The summed E-state index contributed by atoms with van der Waals surface area (Å²) in [5, 5.41) is 40.6. The Balaban J connectivity index is 0.783. The molecule has 16 nitrogen and oxygen atoms in total. The molecule has 6 heterocycles. The van der Waals surface area contributed by atoms with Crippen molar-refractivity contribution in [3.63, 3.8) is 0 Å². The van der Waals surface area contributed by atoms with Crippen molar-refractivity contribution in [3.8, 4) is 34.6 Å². The third kappa shape index (κ3) is 9.87. The lowest BCUT2D eigenvalue weighted by Gasteiger charge is -2.43. The maximum absolute atomic E-state index is 13.0. The van der Waals surface area contributed by atoms with E-state index >= 15 is 0 Å². The zero-order valence-corrected chi connectivity index (χ0v) is 41.7. The number of aromatic amines is 1. The summed E-state index contributed by atoms with van der Waals surface area (Å²) < 4.78 is 1.45. The van der Waals surface area contributed by atoms with Gasteiger partial charge >= 0.3 is 5.69 Å². The number of nitriles is 1. The van der Waals surface area contributed by atoms with Gasteiger partial charge in [0.15, 0.2) is 5.82 Å². The normalized spacial score (nSPS) is 18.3. The number of anilines is 3. The first kappa shape index (κ1) is 48.0. The molecule has 4 aliphatic heterocycles. The number of nitrogens with zero attached hydrogens (tertiary/aromatic N) is 11. The Labute approximate surface area is 419 Å². The number of carbonyl (C=O) groups is 1. The minimum absolute atomic E-state index is 0.00354. The zero-order chi connectivity index (χ0) is 49.3. The van der Waals surface area contributed by atoms with Gasteiger partial charge in [0.1, 0.15) is 17.3 Å². The van der Waals surface area contributed by atoms with Gasteiger partial charge in [0.25, 0.3) is 0 Å². The lowest BCUT2D eigenvalue weighted by atomic mass is 9.96. The molecule has 0 bridgehead atoms. The third-order valence-corrected chi connectivity index (χ3v) is 15.4. The summed E-state index contributed by atoms with van der Waals surface area (Å²) in [4.78, 5) is 50.8. The molecule has 71 heavy (non-hydrogen) atoms. The van der Waals surface area contributed by atoms with Gasteiger partial charge in [-0.1, -0.05) is 68.8 Å². The van der Waals surface area contributed by atoms with Gasteiger partial charge in [-0.25, -0.2) is 19.4 Å². The van der Waals surface area contributed by atoms with E-state index in [-0.39, 0.29) is 41.6 Å². The van der Waals surface area contributed by atoms with E-state index in [1.54, 1.807) is 6.07 Å². The molecular formula is C54H63ClN12O4. The molecule has 4 aromatic carbocycles. The highest BCUT2D eigenvalue weighted by molar-refractivity contribution is 6.36. The zero-order valence-electron chi connectivity index (χ0n) is 40.9. The Morgan fingerprint density at radius 2 is 1.62 bits per heavy atom. The van der Waals surface area contributed by atoms with Crippen molar-refractivity contribution in [2.75, 3.05) is 86.7 Å².